The standard InChI is InChI=1S/C12H17Cl2NO3S2/c1-8(7-19-3)15(2)20(17,18)11-5-10(13)4-9(6-16)12(11)14/h4-5,8,16H,6-7H2,1-3H3. The molecule has 1 rings (SSSR count). The van der Waals surface area contributed by atoms with E-state index in [1.54, 1.807) is 11.8 Å². The molecule has 0 amide bonds. The van der Waals surface area contributed by atoms with E-state index in [9.17, 15) is 13.5 Å². The van der Waals surface area contributed by atoms with Crippen LogP contribution in [0, 0.1) is 0 Å². The molecule has 0 fully saturated rings. The lowest BCUT2D eigenvalue weighted by Crippen LogP contribution is -2.36. The van der Waals surface area contributed by atoms with Gasteiger partial charge in [0.05, 0.1) is 11.6 Å². The van der Waals surface area contributed by atoms with Gasteiger partial charge < -0.3 is 5.11 Å². The maximum atomic E-state index is 12.6. The number of aliphatic hydroxyl groups excluding tert-OH is 1. The van der Waals surface area contributed by atoms with Crippen molar-refractivity contribution in [2.75, 3.05) is 19.1 Å². The van der Waals surface area contributed by atoms with E-state index in [-0.39, 0.29) is 27.6 Å². The van der Waals surface area contributed by atoms with E-state index in [1.807, 2.05) is 13.2 Å². The molecule has 8 heteroatoms. The highest BCUT2D eigenvalue weighted by atomic mass is 35.5. The van der Waals surface area contributed by atoms with Crippen molar-refractivity contribution < 1.29 is 13.5 Å². The summed E-state index contributed by atoms with van der Waals surface area (Å²) in [5, 5.41) is 9.45. The van der Waals surface area contributed by atoms with Crippen LogP contribution in [0.5, 0.6) is 0 Å². The van der Waals surface area contributed by atoms with E-state index < -0.39 is 10.0 Å². The Hall–Kier alpha value is 0.0200. The Kier molecular flexibility index (Phi) is 6.63. The van der Waals surface area contributed by atoms with Gasteiger partial charge in [-0.3, -0.25) is 0 Å². The van der Waals surface area contributed by atoms with Crippen LogP contribution in [0.25, 0.3) is 0 Å². The second kappa shape index (κ2) is 7.33. The largest absolute Gasteiger partial charge is 0.392 e. The van der Waals surface area contributed by atoms with Gasteiger partial charge in [0.2, 0.25) is 10.0 Å². The van der Waals surface area contributed by atoms with Gasteiger partial charge >= 0.3 is 0 Å². The van der Waals surface area contributed by atoms with E-state index in [4.69, 9.17) is 23.2 Å². The molecule has 0 aliphatic rings. The molecule has 1 N–H and O–H groups in total. The number of hydrogen-bond acceptors (Lipinski definition) is 4. The zero-order chi connectivity index (χ0) is 15.5. The molecule has 20 heavy (non-hydrogen) atoms. The molecule has 0 aliphatic carbocycles. The van der Waals surface area contributed by atoms with E-state index in [1.165, 1.54) is 23.5 Å². The van der Waals surface area contributed by atoms with E-state index in [2.05, 4.69) is 0 Å². The van der Waals surface area contributed by atoms with Crippen molar-refractivity contribution >= 4 is 45.0 Å². The molecule has 114 valence electrons. The van der Waals surface area contributed by atoms with Gasteiger partial charge in [-0.25, -0.2) is 8.42 Å². The summed E-state index contributed by atoms with van der Waals surface area (Å²) in [5.74, 6) is 0.667. The van der Waals surface area contributed by atoms with Gasteiger partial charge in [0.25, 0.3) is 0 Å². The molecule has 0 aromatic heterocycles. The van der Waals surface area contributed by atoms with Crippen LogP contribution < -0.4 is 0 Å². The third-order valence-electron chi connectivity index (χ3n) is 2.94. The van der Waals surface area contributed by atoms with Crippen molar-refractivity contribution in [1.29, 1.82) is 0 Å². The van der Waals surface area contributed by atoms with Crippen LogP contribution in [-0.4, -0.2) is 42.9 Å². The first-order chi connectivity index (χ1) is 9.25. The summed E-state index contributed by atoms with van der Waals surface area (Å²) < 4.78 is 26.4. The minimum Gasteiger partial charge on any atom is -0.392 e. The quantitative estimate of drug-likeness (QED) is 0.850. The van der Waals surface area contributed by atoms with Gasteiger partial charge in [-0.1, -0.05) is 23.2 Å². The Balaban J connectivity index is 3.32. The number of nitrogens with zero attached hydrogens (tertiary/aromatic N) is 1. The molecule has 1 atom stereocenters. The molecule has 0 saturated heterocycles. The van der Waals surface area contributed by atoms with Crippen LogP contribution in [-0.2, 0) is 16.6 Å². The van der Waals surface area contributed by atoms with Crippen LogP contribution in [0.15, 0.2) is 17.0 Å². The number of rotatable bonds is 6. The number of aliphatic hydroxyl groups is 1. The predicted octanol–water partition coefficient (Wildman–Crippen LogP) is 2.86. The molecule has 0 aliphatic heterocycles. The lowest BCUT2D eigenvalue weighted by molar-refractivity contribution is 0.281. The minimum atomic E-state index is -3.75. The second-order valence-corrected chi connectivity index (χ2v) is 8.05. The molecule has 0 spiro atoms. The molecule has 0 radical (unpaired) electrons. The first kappa shape index (κ1) is 18.1. The number of benzene rings is 1. The first-order valence-electron chi connectivity index (χ1n) is 5.81. The van der Waals surface area contributed by atoms with Crippen LogP contribution in [0.2, 0.25) is 10.0 Å². The molecular weight excluding hydrogens is 341 g/mol. The van der Waals surface area contributed by atoms with Crippen LogP contribution in [0.4, 0.5) is 0 Å². The second-order valence-electron chi connectivity index (χ2n) is 4.36. The van der Waals surface area contributed by atoms with Crippen molar-refractivity contribution in [1.82, 2.24) is 4.31 Å². The topological polar surface area (TPSA) is 57.6 Å². The SMILES string of the molecule is CSCC(C)N(C)S(=O)(=O)c1cc(Cl)cc(CO)c1Cl. The summed E-state index contributed by atoms with van der Waals surface area (Å²) in [6.45, 7) is 1.45. The average molecular weight is 358 g/mol. The van der Waals surface area contributed by atoms with Crippen molar-refractivity contribution in [2.45, 2.75) is 24.5 Å². The summed E-state index contributed by atoms with van der Waals surface area (Å²) in [6, 6.07) is 2.58. The summed E-state index contributed by atoms with van der Waals surface area (Å²) in [5.41, 5.74) is 0.295. The van der Waals surface area contributed by atoms with Crippen LogP contribution in [0.3, 0.4) is 0 Å². The molecule has 0 bridgehead atoms. The van der Waals surface area contributed by atoms with Gasteiger partial charge in [0.1, 0.15) is 4.90 Å². The highest BCUT2D eigenvalue weighted by Gasteiger charge is 2.28. The van der Waals surface area contributed by atoms with Crippen molar-refractivity contribution in [3.63, 3.8) is 0 Å². The molecule has 0 heterocycles. The van der Waals surface area contributed by atoms with E-state index >= 15 is 0 Å². The Morgan fingerprint density at radius 1 is 1.40 bits per heavy atom. The van der Waals surface area contributed by atoms with Crippen molar-refractivity contribution in [3.8, 4) is 0 Å². The monoisotopic (exact) mass is 357 g/mol. The van der Waals surface area contributed by atoms with E-state index in [0.29, 0.717) is 11.3 Å². The Morgan fingerprint density at radius 3 is 2.50 bits per heavy atom. The number of halogens is 2. The Labute approximate surface area is 134 Å². The molecule has 1 aromatic rings. The highest BCUT2D eigenvalue weighted by Crippen LogP contribution is 2.31. The number of thioether (sulfide) groups is 1. The third kappa shape index (κ3) is 3.81. The molecular formula is C12H17Cl2NO3S2. The van der Waals surface area contributed by atoms with Gasteiger partial charge in [0, 0.05) is 23.9 Å². The number of hydrogen-bond donors (Lipinski definition) is 1. The first-order valence-corrected chi connectivity index (χ1v) is 9.40. The van der Waals surface area contributed by atoms with Gasteiger partial charge in [-0.05, 0) is 30.9 Å². The Bertz CT molecular complexity index is 578. The fourth-order valence-electron chi connectivity index (χ4n) is 1.66. The third-order valence-corrected chi connectivity index (χ3v) is 6.52. The molecule has 4 nitrogen and oxygen atoms in total. The van der Waals surface area contributed by atoms with Crippen molar-refractivity contribution in [3.05, 3.63) is 27.7 Å². The van der Waals surface area contributed by atoms with Crippen LogP contribution >= 0.6 is 35.0 Å². The summed E-state index contributed by atoms with van der Waals surface area (Å²) in [4.78, 5) is -0.0776. The zero-order valence-electron chi connectivity index (χ0n) is 11.4. The molecule has 0 saturated carbocycles. The minimum absolute atomic E-state index is 0.0140. The molecule has 1 aromatic carbocycles. The summed E-state index contributed by atoms with van der Waals surface area (Å²) >= 11 is 13.5. The van der Waals surface area contributed by atoms with Gasteiger partial charge in [-0.15, -0.1) is 0 Å². The lowest BCUT2D eigenvalue weighted by atomic mass is 10.2. The average Bonchev–Trinajstić information content (AvgIpc) is 2.40. The van der Waals surface area contributed by atoms with E-state index in [0.717, 1.165) is 0 Å². The summed E-state index contributed by atoms with van der Waals surface area (Å²) in [6.07, 6.45) is 1.91. The predicted molar refractivity (Wildman–Crippen MR) is 85.2 cm³/mol. The zero-order valence-corrected chi connectivity index (χ0v) is 14.6. The maximum absolute atomic E-state index is 12.6. The fourth-order valence-corrected chi connectivity index (χ4v) is 4.72. The van der Waals surface area contributed by atoms with Crippen LogP contribution in [0.1, 0.15) is 12.5 Å². The maximum Gasteiger partial charge on any atom is 0.244 e. The molecule has 1 unspecified atom stereocenters. The smallest absolute Gasteiger partial charge is 0.244 e. The fraction of sp³-hybridized carbons (Fsp3) is 0.500. The highest BCUT2D eigenvalue weighted by molar-refractivity contribution is 7.98. The summed E-state index contributed by atoms with van der Waals surface area (Å²) in [7, 11) is -2.25. The lowest BCUT2D eigenvalue weighted by Gasteiger charge is -2.24. The Morgan fingerprint density at radius 2 is 2.00 bits per heavy atom. The van der Waals surface area contributed by atoms with Gasteiger partial charge in [0.15, 0.2) is 0 Å². The van der Waals surface area contributed by atoms with Crippen molar-refractivity contribution in [2.24, 2.45) is 0 Å². The number of sulfonamides is 1. The normalized spacial score (nSPS) is 13.8. The van der Waals surface area contributed by atoms with Gasteiger partial charge in [-0.2, -0.15) is 16.1 Å².